The quantitative estimate of drug-likeness (QED) is 0.818. The zero-order valence-corrected chi connectivity index (χ0v) is 12.4. The first kappa shape index (κ1) is 15.1. The van der Waals surface area contributed by atoms with Crippen LogP contribution in [0.5, 0.6) is 0 Å². The van der Waals surface area contributed by atoms with Crippen molar-refractivity contribution in [2.45, 2.75) is 76.3 Å². The summed E-state index contributed by atoms with van der Waals surface area (Å²) in [5.41, 5.74) is -1.04. The van der Waals surface area contributed by atoms with Gasteiger partial charge < -0.3 is 15.3 Å². The lowest BCUT2D eigenvalue weighted by Gasteiger charge is -2.33. The molecule has 1 aliphatic heterocycles. The Kier molecular flexibility index (Phi) is 4.89. The van der Waals surface area contributed by atoms with Crippen molar-refractivity contribution in [1.29, 1.82) is 0 Å². The van der Waals surface area contributed by atoms with Gasteiger partial charge in [0.25, 0.3) is 0 Å². The highest BCUT2D eigenvalue weighted by Gasteiger charge is 2.46. The molecule has 1 saturated carbocycles. The highest BCUT2D eigenvalue weighted by molar-refractivity contribution is 5.86. The van der Waals surface area contributed by atoms with Crippen LogP contribution >= 0.6 is 0 Å². The third kappa shape index (κ3) is 3.25. The molecule has 1 saturated heterocycles. The largest absolute Gasteiger partial charge is 0.480 e. The van der Waals surface area contributed by atoms with Crippen LogP contribution in [0.1, 0.15) is 64.7 Å². The van der Waals surface area contributed by atoms with Gasteiger partial charge in [0.15, 0.2) is 0 Å². The highest BCUT2D eigenvalue weighted by atomic mass is 16.4. The van der Waals surface area contributed by atoms with Gasteiger partial charge in [0.1, 0.15) is 5.54 Å². The van der Waals surface area contributed by atoms with Crippen molar-refractivity contribution in [3.63, 3.8) is 0 Å². The summed E-state index contributed by atoms with van der Waals surface area (Å²) in [6.45, 7) is 2.20. The van der Waals surface area contributed by atoms with Gasteiger partial charge in [-0.15, -0.1) is 0 Å². The Balaban J connectivity index is 1.94. The predicted molar refractivity (Wildman–Crippen MR) is 76.6 cm³/mol. The van der Waals surface area contributed by atoms with Crippen molar-refractivity contribution in [2.24, 2.45) is 0 Å². The molecule has 5 heteroatoms. The average Bonchev–Trinajstić information content (AvgIpc) is 2.76. The summed E-state index contributed by atoms with van der Waals surface area (Å²) in [5.74, 6) is -0.900. The molecule has 20 heavy (non-hydrogen) atoms. The van der Waals surface area contributed by atoms with Crippen LogP contribution in [0.25, 0.3) is 0 Å². The zero-order chi connectivity index (χ0) is 14.6. The molecule has 114 valence electrons. The van der Waals surface area contributed by atoms with Crippen molar-refractivity contribution < 1.29 is 14.7 Å². The number of nitrogens with one attached hydrogen (secondary N) is 1. The third-order valence-electron chi connectivity index (χ3n) is 4.78. The Hall–Kier alpha value is -1.26. The van der Waals surface area contributed by atoms with E-state index >= 15 is 0 Å². The van der Waals surface area contributed by atoms with Gasteiger partial charge in [-0.3, -0.25) is 0 Å². The second-order valence-electron chi connectivity index (χ2n) is 6.33. The van der Waals surface area contributed by atoms with E-state index in [9.17, 15) is 14.7 Å². The number of hydrogen-bond acceptors (Lipinski definition) is 2. The van der Waals surface area contributed by atoms with E-state index in [0.29, 0.717) is 13.0 Å². The first-order chi connectivity index (χ1) is 9.54. The van der Waals surface area contributed by atoms with Gasteiger partial charge in [-0.05, 0) is 32.6 Å². The van der Waals surface area contributed by atoms with Crippen LogP contribution in [0.15, 0.2) is 0 Å². The second-order valence-corrected chi connectivity index (χ2v) is 6.33. The molecule has 1 atom stereocenters. The first-order valence-electron chi connectivity index (χ1n) is 7.85. The van der Waals surface area contributed by atoms with Gasteiger partial charge in [0, 0.05) is 12.6 Å². The summed E-state index contributed by atoms with van der Waals surface area (Å²) < 4.78 is 0. The van der Waals surface area contributed by atoms with E-state index in [1.165, 1.54) is 24.2 Å². The Morgan fingerprint density at radius 3 is 2.30 bits per heavy atom. The molecule has 2 rings (SSSR count). The Labute approximate surface area is 120 Å². The normalized spacial score (nSPS) is 28.8. The van der Waals surface area contributed by atoms with E-state index in [1.807, 2.05) is 0 Å². The number of aliphatic carboxylic acids is 1. The fraction of sp³-hybridized carbons (Fsp3) is 0.867. The van der Waals surface area contributed by atoms with E-state index in [4.69, 9.17) is 0 Å². The van der Waals surface area contributed by atoms with Crippen LogP contribution in [0.4, 0.5) is 4.79 Å². The molecule has 0 aromatic carbocycles. The van der Waals surface area contributed by atoms with Crippen LogP contribution in [0.2, 0.25) is 0 Å². The van der Waals surface area contributed by atoms with Gasteiger partial charge in [-0.2, -0.15) is 0 Å². The van der Waals surface area contributed by atoms with Crippen LogP contribution in [0, 0.1) is 0 Å². The summed E-state index contributed by atoms with van der Waals surface area (Å²) in [4.78, 5) is 25.3. The van der Waals surface area contributed by atoms with Gasteiger partial charge in [0.05, 0.1) is 0 Å². The van der Waals surface area contributed by atoms with E-state index in [1.54, 1.807) is 6.92 Å². The molecule has 0 aromatic rings. The zero-order valence-electron chi connectivity index (χ0n) is 12.4. The maximum Gasteiger partial charge on any atom is 0.329 e. The molecule has 1 aliphatic carbocycles. The van der Waals surface area contributed by atoms with E-state index in [2.05, 4.69) is 5.32 Å². The molecule has 0 aromatic heterocycles. The molecule has 2 aliphatic rings. The van der Waals surface area contributed by atoms with Gasteiger partial charge >= 0.3 is 12.0 Å². The number of carbonyl (C=O) groups excluding carboxylic acids is 1. The topological polar surface area (TPSA) is 69.6 Å². The lowest BCUT2D eigenvalue weighted by molar-refractivity contribution is -0.147. The van der Waals surface area contributed by atoms with Crippen molar-refractivity contribution >= 4 is 12.0 Å². The smallest absolute Gasteiger partial charge is 0.329 e. The molecule has 0 spiro atoms. The standard InChI is InChI=1S/C15H26N2O3/c1-15(13(18)19)10-7-11-17(15)14(20)16-12-8-5-3-2-4-6-9-12/h12H,2-11H2,1H3,(H,16,20)(H,18,19). The Morgan fingerprint density at radius 1 is 1.10 bits per heavy atom. The van der Waals surface area contributed by atoms with Crippen molar-refractivity contribution in [1.82, 2.24) is 10.2 Å². The van der Waals surface area contributed by atoms with Crippen molar-refractivity contribution in [2.75, 3.05) is 6.54 Å². The number of amides is 2. The van der Waals surface area contributed by atoms with E-state index in [-0.39, 0.29) is 12.1 Å². The molecule has 2 fully saturated rings. The van der Waals surface area contributed by atoms with Gasteiger partial charge in [0.2, 0.25) is 0 Å². The van der Waals surface area contributed by atoms with Crippen molar-refractivity contribution in [3.05, 3.63) is 0 Å². The number of carbonyl (C=O) groups is 2. The highest BCUT2D eigenvalue weighted by Crippen LogP contribution is 2.29. The summed E-state index contributed by atoms with van der Waals surface area (Å²) >= 11 is 0. The number of likely N-dealkylation sites (tertiary alicyclic amines) is 1. The molecular formula is C15H26N2O3. The van der Waals surface area contributed by atoms with Gasteiger partial charge in [-0.1, -0.05) is 32.1 Å². The molecule has 0 radical (unpaired) electrons. The Bertz CT molecular complexity index is 364. The molecule has 0 bridgehead atoms. The first-order valence-corrected chi connectivity index (χ1v) is 7.85. The molecule has 2 amide bonds. The maximum atomic E-state index is 12.4. The summed E-state index contributed by atoms with van der Waals surface area (Å²) in [5, 5.41) is 12.4. The average molecular weight is 282 g/mol. The monoisotopic (exact) mass is 282 g/mol. The van der Waals surface area contributed by atoms with Crippen molar-refractivity contribution in [3.8, 4) is 0 Å². The minimum absolute atomic E-state index is 0.196. The lowest BCUT2D eigenvalue weighted by Crippen LogP contribution is -2.55. The fourth-order valence-corrected chi connectivity index (χ4v) is 3.36. The summed E-state index contributed by atoms with van der Waals surface area (Å²) in [6.07, 6.45) is 9.42. The molecular weight excluding hydrogens is 256 g/mol. The maximum absolute atomic E-state index is 12.4. The number of urea groups is 1. The van der Waals surface area contributed by atoms with Crippen LogP contribution in [-0.2, 0) is 4.79 Å². The SMILES string of the molecule is CC1(C(=O)O)CCCN1C(=O)NC1CCCCCCC1. The summed E-state index contributed by atoms with van der Waals surface area (Å²) in [7, 11) is 0. The van der Waals surface area contributed by atoms with Gasteiger partial charge in [-0.25, -0.2) is 9.59 Å². The van der Waals surface area contributed by atoms with Crippen LogP contribution in [-0.4, -0.2) is 40.1 Å². The number of carboxylic acids is 1. The predicted octanol–water partition coefficient (Wildman–Crippen LogP) is 2.75. The van der Waals surface area contributed by atoms with Crippen LogP contribution in [0.3, 0.4) is 0 Å². The fourth-order valence-electron chi connectivity index (χ4n) is 3.36. The Morgan fingerprint density at radius 2 is 1.70 bits per heavy atom. The molecule has 1 unspecified atom stereocenters. The lowest BCUT2D eigenvalue weighted by atomic mass is 9.96. The van der Waals surface area contributed by atoms with E-state index < -0.39 is 11.5 Å². The minimum Gasteiger partial charge on any atom is -0.480 e. The number of carboxylic acid groups (broad SMARTS) is 1. The second kappa shape index (κ2) is 6.46. The van der Waals surface area contributed by atoms with E-state index in [0.717, 1.165) is 32.1 Å². The number of rotatable bonds is 2. The van der Waals surface area contributed by atoms with Crippen LogP contribution < -0.4 is 5.32 Å². The number of hydrogen-bond donors (Lipinski definition) is 2. The minimum atomic E-state index is -1.04. The summed E-state index contributed by atoms with van der Waals surface area (Å²) in [6, 6.07) is 0.0134. The molecule has 1 heterocycles. The molecule has 2 N–H and O–H groups in total. The molecule has 5 nitrogen and oxygen atoms in total. The number of nitrogens with zero attached hydrogens (tertiary/aromatic N) is 1. The third-order valence-corrected chi connectivity index (χ3v) is 4.78.